The molecule has 0 N–H and O–H groups in total. The SMILES string of the molecule is O=S(=O)([O-])[O-].[Na+].[Na+].c1ccc2c(Oc3cccc4ccccc34)cccc2c1.c1ccc2c(Oc3cccc4ccccc34)cccc2c1. The summed E-state index contributed by atoms with van der Waals surface area (Å²) in [5.74, 6) is 3.57. The van der Waals surface area contributed by atoms with E-state index in [-0.39, 0.29) is 59.1 Å². The van der Waals surface area contributed by atoms with Gasteiger partial charge in [-0.2, -0.15) is 0 Å². The van der Waals surface area contributed by atoms with Crippen molar-refractivity contribution in [3.05, 3.63) is 170 Å². The smallest absolute Gasteiger partial charge is 0.759 e. The molecular weight excluding hydrogens is 654 g/mol. The van der Waals surface area contributed by atoms with Gasteiger partial charge in [0.1, 0.15) is 23.0 Å². The van der Waals surface area contributed by atoms with E-state index >= 15 is 0 Å². The fourth-order valence-corrected chi connectivity index (χ4v) is 5.38. The van der Waals surface area contributed by atoms with Crippen LogP contribution in [0.5, 0.6) is 23.0 Å². The first-order valence-corrected chi connectivity index (χ1v) is 16.1. The number of benzene rings is 8. The maximum atomic E-state index is 8.52. The van der Waals surface area contributed by atoms with Crippen LogP contribution in [0.25, 0.3) is 43.1 Å². The van der Waals surface area contributed by atoms with E-state index in [4.69, 9.17) is 27.0 Å². The van der Waals surface area contributed by atoms with Crippen LogP contribution in [0, 0.1) is 0 Å². The Hall–Kier alpha value is -3.73. The molecule has 0 saturated carbocycles. The van der Waals surface area contributed by atoms with Crippen molar-refractivity contribution in [2.24, 2.45) is 0 Å². The standard InChI is InChI=1S/2C20H14O.2Na.H2O4S/c2*1-3-11-17-15(7-1)9-5-13-19(17)21-20-14-6-10-16-8-2-4-12-18(16)20;;;1-5(2,3)4/h2*1-14H;;;(H2,1,2,3,4)/q;;2*+1;/p-2. The molecule has 0 aliphatic rings. The van der Waals surface area contributed by atoms with Crippen LogP contribution in [0.1, 0.15) is 0 Å². The molecule has 49 heavy (non-hydrogen) atoms. The van der Waals surface area contributed by atoms with Crippen LogP contribution in [-0.2, 0) is 10.4 Å². The van der Waals surface area contributed by atoms with Crippen LogP contribution < -0.4 is 68.6 Å². The normalized spacial score (nSPS) is 10.5. The van der Waals surface area contributed by atoms with Crippen LogP contribution in [0.3, 0.4) is 0 Å². The quantitative estimate of drug-likeness (QED) is 0.157. The zero-order valence-electron chi connectivity index (χ0n) is 27.0. The molecule has 0 saturated heterocycles. The molecule has 0 amide bonds. The van der Waals surface area contributed by atoms with Crippen molar-refractivity contribution in [1.82, 2.24) is 0 Å². The molecule has 0 atom stereocenters. The molecule has 232 valence electrons. The molecule has 6 nitrogen and oxygen atoms in total. The monoisotopic (exact) mass is 682 g/mol. The van der Waals surface area contributed by atoms with Crippen molar-refractivity contribution >= 4 is 53.5 Å². The zero-order valence-corrected chi connectivity index (χ0v) is 31.8. The summed E-state index contributed by atoms with van der Waals surface area (Å²) in [6, 6.07) is 57.7. The summed E-state index contributed by atoms with van der Waals surface area (Å²) in [5, 5.41) is 9.29. The van der Waals surface area contributed by atoms with E-state index in [2.05, 4.69) is 72.8 Å². The third-order valence-corrected chi connectivity index (χ3v) is 7.44. The average molecular weight is 683 g/mol. The molecule has 0 aliphatic heterocycles. The molecule has 0 radical (unpaired) electrons. The Balaban J connectivity index is 0.000000188. The van der Waals surface area contributed by atoms with Crippen molar-refractivity contribution in [2.45, 2.75) is 0 Å². The Kier molecular flexibility index (Phi) is 13.8. The van der Waals surface area contributed by atoms with Gasteiger partial charge in [-0.15, -0.1) is 0 Å². The zero-order chi connectivity index (χ0) is 32.6. The van der Waals surface area contributed by atoms with Gasteiger partial charge in [0.05, 0.1) is 0 Å². The summed E-state index contributed by atoms with van der Waals surface area (Å²) in [6.07, 6.45) is 0. The van der Waals surface area contributed by atoms with Gasteiger partial charge in [-0.3, -0.25) is 8.42 Å². The van der Waals surface area contributed by atoms with E-state index in [0.717, 1.165) is 44.5 Å². The molecule has 0 bridgehead atoms. The molecular formula is C40H28Na2O6S. The van der Waals surface area contributed by atoms with Gasteiger partial charge >= 0.3 is 59.1 Å². The number of rotatable bonds is 4. The van der Waals surface area contributed by atoms with Crippen molar-refractivity contribution in [3.8, 4) is 23.0 Å². The van der Waals surface area contributed by atoms with E-state index in [1.165, 1.54) is 21.5 Å². The van der Waals surface area contributed by atoms with Crippen LogP contribution in [-0.4, -0.2) is 17.5 Å². The minimum atomic E-state index is -5.17. The molecule has 8 aromatic rings. The molecule has 0 aliphatic carbocycles. The summed E-state index contributed by atoms with van der Waals surface area (Å²) in [5.41, 5.74) is 0. The Morgan fingerprint density at radius 1 is 0.327 bits per heavy atom. The summed E-state index contributed by atoms with van der Waals surface area (Å²) < 4.78 is 46.5. The first-order valence-electron chi connectivity index (χ1n) is 14.8. The Morgan fingerprint density at radius 2 is 0.510 bits per heavy atom. The first-order chi connectivity index (χ1) is 22.8. The van der Waals surface area contributed by atoms with Crippen LogP contribution in [0.2, 0.25) is 0 Å². The molecule has 9 heteroatoms. The molecule has 0 fully saturated rings. The molecule has 0 aromatic heterocycles. The van der Waals surface area contributed by atoms with Crippen LogP contribution in [0.15, 0.2) is 170 Å². The number of hydrogen-bond donors (Lipinski definition) is 0. The maximum absolute atomic E-state index is 8.52. The third-order valence-electron chi connectivity index (χ3n) is 7.44. The third kappa shape index (κ3) is 10.2. The van der Waals surface area contributed by atoms with Gasteiger partial charge in [-0.05, 0) is 45.8 Å². The Bertz CT molecular complexity index is 2090. The Morgan fingerprint density at radius 3 is 0.735 bits per heavy atom. The van der Waals surface area contributed by atoms with Crippen LogP contribution >= 0.6 is 0 Å². The Labute approximate surface area is 329 Å². The predicted molar refractivity (Wildman–Crippen MR) is 186 cm³/mol. The van der Waals surface area contributed by atoms with Gasteiger partial charge in [0.15, 0.2) is 0 Å². The van der Waals surface area contributed by atoms with E-state index in [9.17, 15) is 0 Å². The summed E-state index contributed by atoms with van der Waals surface area (Å²) >= 11 is 0. The van der Waals surface area contributed by atoms with Crippen molar-refractivity contribution in [3.63, 3.8) is 0 Å². The van der Waals surface area contributed by atoms with Gasteiger partial charge in [-0.1, -0.05) is 146 Å². The van der Waals surface area contributed by atoms with Crippen molar-refractivity contribution in [2.75, 3.05) is 0 Å². The van der Waals surface area contributed by atoms with E-state index in [1.54, 1.807) is 0 Å². The largest absolute Gasteiger partial charge is 1.00 e. The van der Waals surface area contributed by atoms with Gasteiger partial charge in [0, 0.05) is 31.9 Å². The summed E-state index contributed by atoms with van der Waals surface area (Å²) in [6.45, 7) is 0. The van der Waals surface area contributed by atoms with E-state index in [1.807, 2.05) is 97.1 Å². The summed E-state index contributed by atoms with van der Waals surface area (Å²) in [7, 11) is -5.17. The van der Waals surface area contributed by atoms with Gasteiger partial charge < -0.3 is 18.6 Å². The first kappa shape index (κ1) is 38.1. The van der Waals surface area contributed by atoms with E-state index in [0.29, 0.717) is 0 Å². The van der Waals surface area contributed by atoms with Gasteiger partial charge in [-0.25, -0.2) is 0 Å². The topological polar surface area (TPSA) is 98.7 Å². The minimum Gasteiger partial charge on any atom is -0.759 e. The second-order valence-electron chi connectivity index (χ2n) is 10.5. The summed E-state index contributed by atoms with van der Waals surface area (Å²) in [4.78, 5) is 0. The molecule has 8 aromatic carbocycles. The predicted octanol–water partition coefficient (Wildman–Crippen LogP) is 4.24. The molecule has 8 rings (SSSR count). The van der Waals surface area contributed by atoms with Gasteiger partial charge in [0.25, 0.3) is 0 Å². The van der Waals surface area contributed by atoms with Gasteiger partial charge in [0.2, 0.25) is 0 Å². The second kappa shape index (κ2) is 17.8. The molecule has 0 spiro atoms. The second-order valence-corrected chi connectivity index (χ2v) is 11.3. The van der Waals surface area contributed by atoms with Crippen LogP contribution in [0.4, 0.5) is 0 Å². The fourth-order valence-electron chi connectivity index (χ4n) is 5.38. The van der Waals surface area contributed by atoms with E-state index < -0.39 is 10.4 Å². The number of fused-ring (bicyclic) bond motifs is 4. The maximum Gasteiger partial charge on any atom is 1.00 e. The van der Waals surface area contributed by atoms with Crippen molar-refractivity contribution in [1.29, 1.82) is 0 Å². The number of hydrogen-bond acceptors (Lipinski definition) is 6. The number of ether oxygens (including phenoxy) is 2. The molecule has 0 heterocycles. The van der Waals surface area contributed by atoms with Crippen molar-refractivity contribution < 1.29 is 86.1 Å². The minimum absolute atomic E-state index is 0. The average Bonchev–Trinajstić information content (AvgIpc) is 3.09. The fraction of sp³-hybridized carbons (Fsp3) is 0. The molecule has 0 unspecified atom stereocenters.